The molecule has 0 saturated carbocycles. The number of nitrogens with two attached hydrogens (primary N) is 1. The van der Waals surface area contributed by atoms with Crippen molar-refractivity contribution in [2.45, 2.75) is 20.4 Å². The van der Waals surface area contributed by atoms with Crippen molar-refractivity contribution in [3.8, 4) is 0 Å². The van der Waals surface area contributed by atoms with Gasteiger partial charge in [-0.2, -0.15) is 4.52 Å². The quantitative estimate of drug-likeness (QED) is 0.672. The number of hydrogen-bond acceptors (Lipinski definition) is 3. The van der Waals surface area contributed by atoms with Crippen LogP contribution in [0.1, 0.15) is 17.0 Å². The lowest BCUT2D eigenvalue weighted by atomic mass is 10.1. The first-order valence-electron chi connectivity index (χ1n) is 4.41. The van der Waals surface area contributed by atoms with Crippen LogP contribution in [0.4, 0.5) is 0 Å². The molecule has 0 fully saturated rings. The average Bonchev–Trinajstić information content (AvgIpc) is 2.47. The summed E-state index contributed by atoms with van der Waals surface area (Å²) in [6, 6.07) is 1.85. The van der Waals surface area contributed by atoms with E-state index in [1.165, 1.54) is 4.52 Å². The summed E-state index contributed by atoms with van der Waals surface area (Å²) in [6.07, 6.45) is 0. The molecule has 74 valence electrons. The lowest BCUT2D eigenvalue weighted by Gasteiger charge is -2.01. The molecule has 0 aromatic carbocycles. The van der Waals surface area contributed by atoms with E-state index in [-0.39, 0.29) is 12.1 Å². The Morgan fingerprint density at radius 3 is 2.93 bits per heavy atom. The predicted octanol–water partition coefficient (Wildman–Crippen LogP) is 0.0981. The molecule has 0 radical (unpaired) electrons. The Bertz CT molecular complexity index is 537. The van der Waals surface area contributed by atoms with Crippen LogP contribution in [0.3, 0.4) is 0 Å². The third-order valence-electron chi connectivity index (χ3n) is 2.27. The molecule has 0 saturated heterocycles. The topological polar surface area (TPSA) is 76.2 Å². The Morgan fingerprint density at radius 2 is 2.29 bits per heavy atom. The number of H-pyrrole nitrogens is 1. The highest BCUT2D eigenvalue weighted by Crippen LogP contribution is 2.05. The zero-order valence-electron chi connectivity index (χ0n) is 8.16. The van der Waals surface area contributed by atoms with Gasteiger partial charge in [0.05, 0.1) is 0 Å². The third-order valence-corrected chi connectivity index (χ3v) is 2.27. The molecule has 0 unspecified atom stereocenters. The van der Waals surface area contributed by atoms with Gasteiger partial charge in [-0.25, -0.2) is 4.98 Å². The monoisotopic (exact) mass is 192 g/mol. The van der Waals surface area contributed by atoms with Gasteiger partial charge < -0.3 is 5.73 Å². The first-order valence-corrected chi connectivity index (χ1v) is 4.41. The Labute approximate surface area is 80.6 Å². The lowest BCUT2D eigenvalue weighted by Crippen LogP contribution is -2.22. The van der Waals surface area contributed by atoms with Crippen LogP contribution in [0.2, 0.25) is 0 Å². The molecule has 2 aromatic rings. The summed E-state index contributed by atoms with van der Waals surface area (Å²) < 4.78 is 1.42. The van der Waals surface area contributed by atoms with Gasteiger partial charge in [0, 0.05) is 12.1 Å². The molecule has 2 aromatic heterocycles. The van der Waals surface area contributed by atoms with Crippen LogP contribution < -0.4 is 11.3 Å². The van der Waals surface area contributed by atoms with E-state index in [1.54, 1.807) is 0 Å². The molecule has 0 spiro atoms. The summed E-state index contributed by atoms with van der Waals surface area (Å²) in [4.78, 5) is 16.0. The maximum Gasteiger partial charge on any atom is 0.275 e. The SMILES string of the molecule is Cc1nc2cc(C)c(CN)c(=O)n2[nH]1. The molecule has 0 aliphatic rings. The Hall–Kier alpha value is -1.62. The largest absolute Gasteiger partial charge is 0.326 e. The van der Waals surface area contributed by atoms with Crippen molar-refractivity contribution < 1.29 is 0 Å². The fourth-order valence-electron chi connectivity index (χ4n) is 1.55. The van der Waals surface area contributed by atoms with Crippen molar-refractivity contribution in [2.75, 3.05) is 0 Å². The maximum atomic E-state index is 11.8. The molecule has 5 nitrogen and oxygen atoms in total. The number of nitrogens with zero attached hydrogens (tertiary/aromatic N) is 2. The van der Waals surface area contributed by atoms with Gasteiger partial charge in [0.25, 0.3) is 5.56 Å². The fourth-order valence-corrected chi connectivity index (χ4v) is 1.55. The van der Waals surface area contributed by atoms with E-state index in [4.69, 9.17) is 5.73 Å². The summed E-state index contributed by atoms with van der Waals surface area (Å²) >= 11 is 0. The van der Waals surface area contributed by atoms with E-state index in [0.717, 1.165) is 11.4 Å². The van der Waals surface area contributed by atoms with Gasteiger partial charge >= 0.3 is 0 Å². The van der Waals surface area contributed by atoms with Crippen LogP contribution in [0.15, 0.2) is 10.9 Å². The van der Waals surface area contributed by atoms with Gasteiger partial charge in [-0.3, -0.25) is 9.89 Å². The van der Waals surface area contributed by atoms with Crippen LogP contribution in [-0.2, 0) is 6.54 Å². The molecule has 0 bridgehead atoms. The van der Waals surface area contributed by atoms with Crippen molar-refractivity contribution in [3.63, 3.8) is 0 Å². The van der Waals surface area contributed by atoms with Gasteiger partial charge in [-0.1, -0.05) is 0 Å². The van der Waals surface area contributed by atoms with Gasteiger partial charge in [-0.15, -0.1) is 0 Å². The Kier molecular flexibility index (Phi) is 1.89. The molecule has 2 rings (SSSR count). The summed E-state index contributed by atoms with van der Waals surface area (Å²) in [6.45, 7) is 3.93. The standard InChI is InChI=1S/C9H12N4O/c1-5-3-8-11-6(2)12-13(8)9(14)7(5)4-10/h3H,4,10H2,1-2H3,(H,11,12). The minimum Gasteiger partial charge on any atom is -0.326 e. The molecule has 5 heteroatoms. The van der Waals surface area contributed by atoms with Crippen molar-refractivity contribution in [1.82, 2.24) is 14.6 Å². The summed E-state index contributed by atoms with van der Waals surface area (Å²) in [5, 5.41) is 2.87. The van der Waals surface area contributed by atoms with E-state index in [2.05, 4.69) is 10.1 Å². The number of hydrogen-bond donors (Lipinski definition) is 2. The number of fused-ring (bicyclic) bond motifs is 1. The second-order valence-corrected chi connectivity index (χ2v) is 3.32. The first-order chi connectivity index (χ1) is 6.63. The minimum absolute atomic E-state index is 0.108. The van der Waals surface area contributed by atoms with E-state index < -0.39 is 0 Å². The Balaban J connectivity index is 2.92. The van der Waals surface area contributed by atoms with Gasteiger partial charge in [0.15, 0.2) is 5.65 Å². The summed E-state index contributed by atoms with van der Waals surface area (Å²) in [5.74, 6) is 0.718. The van der Waals surface area contributed by atoms with Crippen molar-refractivity contribution in [1.29, 1.82) is 0 Å². The number of rotatable bonds is 1. The first kappa shape index (κ1) is 8.96. The van der Waals surface area contributed by atoms with Crippen LogP contribution in [0.5, 0.6) is 0 Å². The lowest BCUT2D eigenvalue weighted by molar-refractivity contribution is 0.860. The molecule has 0 aliphatic heterocycles. The van der Waals surface area contributed by atoms with Crippen LogP contribution in [0.25, 0.3) is 5.65 Å². The molecular formula is C9H12N4O. The smallest absolute Gasteiger partial charge is 0.275 e. The average molecular weight is 192 g/mol. The minimum atomic E-state index is -0.108. The number of nitrogens with one attached hydrogen (secondary N) is 1. The molecule has 0 atom stereocenters. The molecule has 14 heavy (non-hydrogen) atoms. The van der Waals surface area contributed by atoms with Gasteiger partial charge in [0.2, 0.25) is 0 Å². The second-order valence-electron chi connectivity index (χ2n) is 3.32. The number of pyridine rings is 1. The molecule has 0 aliphatic carbocycles. The normalized spacial score (nSPS) is 11.1. The highest BCUT2D eigenvalue weighted by molar-refractivity contribution is 5.43. The molecule has 2 heterocycles. The van der Waals surface area contributed by atoms with Crippen LogP contribution in [-0.4, -0.2) is 14.6 Å². The summed E-state index contributed by atoms with van der Waals surface area (Å²) in [5.41, 5.74) is 7.56. The van der Waals surface area contributed by atoms with E-state index in [1.807, 2.05) is 19.9 Å². The van der Waals surface area contributed by atoms with Gasteiger partial charge in [0.1, 0.15) is 5.82 Å². The van der Waals surface area contributed by atoms with Crippen LogP contribution >= 0.6 is 0 Å². The van der Waals surface area contributed by atoms with Crippen molar-refractivity contribution in [3.05, 3.63) is 33.4 Å². The number of aryl methyl sites for hydroxylation is 2. The van der Waals surface area contributed by atoms with Crippen LogP contribution in [0, 0.1) is 13.8 Å². The van der Waals surface area contributed by atoms with E-state index in [0.29, 0.717) is 11.2 Å². The van der Waals surface area contributed by atoms with Crippen molar-refractivity contribution in [2.24, 2.45) is 5.73 Å². The zero-order valence-corrected chi connectivity index (χ0v) is 8.16. The molecule has 0 amide bonds. The highest BCUT2D eigenvalue weighted by atomic mass is 16.1. The van der Waals surface area contributed by atoms with Gasteiger partial charge in [-0.05, 0) is 25.5 Å². The highest BCUT2D eigenvalue weighted by Gasteiger charge is 2.08. The maximum absolute atomic E-state index is 11.8. The predicted molar refractivity (Wildman–Crippen MR) is 53.2 cm³/mol. The zero-order chi connectivity index (χ0) is 10.3. The second kappa shape index (κ2) is 2.95. The fraction of sp³-hybridized carbons (Fsp3) is 0.333. The van der Waals surface area contributed by atoms with Crippen molar-refractivity contribution >= 4 is 5.65 Å². The molecule has 3 N–H and O–H groups in total. The Morgan fingerprint density at radius 1 is 1.57 bits per heavy atom. The third kappa shape index (κ3) is 1.13. The molecular weight excluding hydrogens is 180 g/mol. The number of aromatic amines is 1. The van der Waals surface area contributed by atoms with E-state index in [9.17, 15) is 4.79 Å². The van der Waals surface area contributed by atoms with E-state index >= 15 is 0 Å². The summed E-state index contributed by atoms with van der Waals surface area (Å²) in [7, 11) is 0. The number of aromatic nitrogens is 3.